The molecular formula is C15H12F3NOS. The van der Waals surface area contributed by atoms with Crippen molar-refractivity contribution >= 4 is 17.2 Å². The van der Waals surface area contributed by atoms with E-state index in [4.69, 9.17) is 22.7 Å². The van der Waals surface area contributed by atoms with Gasteiger partial charge in [0.1, 0.15) is 16.5 Å². The van der Waals surface area contributed by atoms with Gasteiger partial charge in [-0.2, -0.15) is 13.2 Å². The van der Waals surface area contributed by atoms with Gasteiger partial charge in [-0.05, 0) is 55.0 Å². The summed E-state index contributed by atoms with van der Waals surface area (Å²) >= 11 is 4.90. The lowest BCUT2D eigenvalue weighted by atomic mass is 10.1. The van der Waals surface area contributed by atoms with Crippen LogP contribution in [-0.4, -0.2) is 4.99 Å². The number of hydrogen-bond donors (Lipinski definition) is 1. The Balaban J connectivity index is 2.19. The zero-order valence-corrected chi connectivity index (χ0v) is 11.9. The van der Waals surface area contributed by atoms with Crippen LogP contribution in [0.1, 0.15) is 16.7 Å². The average molecular weight is 311 g/mol. The molecule has 0 bridgehead atoms. The molecule has 0 amide bonds. The van der Waals surface area contributed by atoms with E-state index in [1.165, 1.54) is 12.1 Å². The molecule has 0 aliphatic carbocycles. The lowest BCUT2D eigenvalue weighted by Crippen LogP contribution is -2.10. The van der Waals surface area contributed by atoms with Gasteiger partial charge in [0.05, 0.1) is 5.56 Å². The second kappa shape index (κ2) is 5.73. The lowest BCUT2D eigenvalue weighted by molar-refractivity contribution is -0.137. The Kier molecular flexibility index (Phi) is 4.18. The van der Waals surface area contributed by atoms with E-state index in [0.717, 1.165) is 23.3 Å². The molecule has 110 valence electrons. The molecular weight excluding hydrogens is 299 g/mol. The molecule has 0 saturated heterocycles. The molecule has 2 aromatic rings. The van der Waals surface area contributed by atoms with E-state index >= 15 is 0 Å². The summed E-state index contributed by atoms with van der Waals surface area (Å²) in [5, 5.41) is 0. The first kappa shape index (κ1) is 15.3. The molecule has 0 unspecified atom stereocenters. The summed E-state index contributed by atoms with van der Waals surface area (Å²) in [4.78, 5) is 0.286. The van der Waals surface area contributed by atoms with Crippen molar-refractivity contribution in [2.75, 3.05) is 0 Å². The molecule has 0 aromatic heterocycles. The van der Waals surface area contributed by atoms with Crippen LogP contribution in [0.3, 0.4) is 0 Å². The van der Waals surface area contributed by atoms with E-state index in [1.807, 2.05) is 6.92 Å². The third kappa shape index (κ3) is 3.72. The average Bonchev–Trinajstić information content (AvgIpc) is 2.38. The van der Waals surface area contributed by atoms with Gasteiger partial charge in [-0.15, -0.1) is 0 Å². The van der Waals surface area contributed by atoms with Crippen molar-refractivity contribution < 1.29 is 17.9 Å². The zero-order chi connectivity index (χ0) is 15.6. The van der Waals surface area contributed by atoms with Crippen molar-refractivity contribution in [3.8, 4) is 11.5 Å². The van der Waals surface area contributed by atoms with Gasteiger partial charge in [0.15, 0.2) is 0 Å². The Morgan fingerprint density at radius 2 is 1.62 bits per heavy atom. The van der Waals surface area contributed by atoms with Crippen LogP contribution in [0.4, 0.5) is 13.2 Å². The highest BCUT2D eigenvalue weighted by molar-refractivity contribution is 7.80. The fourth-order valence-electron chi connectivity index (χ4n) is 1.82. The molecule has 0 fully saturated rings. The number of halogens is 3. The first-order valence-electron chi connectivity index (χ1n) is 6.03. The van der Waals surface area contributed by atoms with Crippen LogP contribution in [-0.2, 0) is 6.18 Å². The number of alkyl halides is 3. The number of benzene rings is 2. The van der Waals surface area contributed by atoms with Crippen molar-refractivity contribution in [1.82, 2.24) is 0 Å². The third-order valence-corrected chi connectivity index (χ3v) is 3.10. The fraction of sp³-hybridized carbons (Fsp3) is 0.133. The van der Waals surface area contributed by atoms with E-state index in [-0.39, 0.29) is 4.99 Å². The Bertz CT molecular complexity index is 666. The van der Waals surface area contributed by atoms with E-state index < -0.39 is 11.7 Å². The van der Waals surface area contributed by atoms with E-state index in [0.29, 0.717) is 11.5 Å². The first-order valence-corrected chi connectivity index (χ1v) is 6.44. The smallest absolute Gasteiger partial charge is 0.416 e. The highest BCUT2D eigenvalue weighted by atomic mass is 32.1. The van der Waals surface area contributed by atoms with Crippen molar-refractivity contribution in [3.05, 3.63) is 59.2 Å². The normalized spacial score (nSPS) is 11.2. The minimum Gasteiger partial charge on any atom is -0.457 e. The molecule has 0 aliphatic heterocycles. The van der Waals surface area contributed by atoms with Crippen molar-refractivity contribution in [2.45, 2.75) is 13.1 Å². The number of hydrogen-bond acceptors (Lipinski definition) is 2. The fourth-order valence-corrected chi connectivity index (χ4v) is 2.05. The van der Waals surface area contributed by atoms with Crippen molar-refractivity contribution in [1.29, 1.82) is 0 Å². The standard InChI is InChI=1S/C15H12F3NOS/c1-9-8-12(6-7-13(9)14(19)21)20-11-4-2-10(3-5-11)15(16,17)18/h2-8H,1H3,(H2,19,21). The SMILES string of the molecule is Cc1cc(Oc2ccc(C(F)(F)F)cc2)ccc1C(N)=S. The van der Waals surface area contributed by atoms with Crippen LogP contribution in [0, 0.1) is 6.92 Å². The highest BCUT2D eigenvalue weighted by Crippen LogP contribution is 2.31. The Hall–Kier alpha value is -2.08. The predicted octanol–water partition coefficient (Wildman–Crippen LogP) is 4.44. The summed E-state index contributed by atoms with van der Waals surface area (Å²) in [6, 6.07) is 9.62. The largest absolute Gasteiger partial charge is 0.457 e. The maximum absolute atomic E-state index is 12.5. The molecule has 0 radical (unpaired) electrons. The van der Waals surface area contributed by atoms with Gasteiger partial charge in [0.25, 0.3) is 0 Å². The lowest BCUT2D eigenvalue weighted by Gasteiger charge is -2.10. The molecule has 0 saturated carbocycles. The maximum Gasteiger partial charge on any atom is 0.416 e. The van der Waals surface area contributed by atoms with Crippen molar-refractivity contribution in [2.24, 2.45) is 5.73 Å². The van der Waals surface area contributed by atoms with Crippen LogP contribution >= 0.6 is 12.2 Å². The summed E-state index contributed by atoms with van der Waals surface area (Å²) in [7, 11) is 0. The molecule has 2 rings (SSSR count). The monoisotopic (exact) mass is 311 g/mol. The van der Waals surface area contributed by atoms with Gasteiger partial charge in [-0.25, -0.2) is 0 Å². The molecule has 6 heteroatoms. The number of rotatable bonds is 3. The van der Waals surface area contributed by atoms with Crippen molar-refractivity contribution in [3.63, 3.8) is 0 Å². The summed E-state index contributed by atoms with van der Waals surface area (Å²) in [6.45, 7) is 1.83. The second-order valence-electron chi connectivity index (χ2n) is 4.47. The molecule has 0 heterocycles. The van der Waals surface area contributed by atoms with Gasteiger partial charge in [-0.1, -0.05) is 12.2 Å². The molecule has 2 nitrogen and oxygen atoms in total. The van der Waals surface area contributed by atoms with Gasteiger partial charge >= 0.3 is 6.18 Å². The summed E-state index contributed by atoms with van der Waals surface area (Å²) in [5.41, 5.74) is 6.43. The molecule has 21 heavy (non-hydrogen) atoms. The van der Waals surface area contributed by atoms with E-state index in [1.54, 1.807) is 18.2 Å². The Labute approximate surface area is 125 Å². The molecule has 2 aromatic carbocycles. The van der Waals surface area contributed by atoms with Crippen LogP contribution in [0.25, 0.3) is 0 Å². The summed E-state index contributed by atoms with van der Waals surface area (Å²) in [5.74, 6) is 0.831. The van der Waals surface area contributed by atoms with Gasteiger partial charge in [0.2, 0.25) is 0 Å². The molecule has 0 spiro atoms. The Morgan fingerprint density at radius 3 is 2.10 bits per heavy atom. The van der Waals surface area contributed by atoms with Crippen LogP contribution in [0.2, 0.25) is 0 Å². The van der Waals surface area contributed by atoms with Gasteiger partial charge < -0.3 is 10.5 Å². The molecule has 2 N–H and O–H groups in total. The maximum atomic E-state index is 12.5. The predicted molar refractivity (Wildman–Crippen MR) is 78.6 cm³/mol. The van der Waals surface area contributed by atoms with Crippen LogP contribution < -0.4 is 10.5 Å². The van der Waals surface area contributed by atoms with E-state index in [2.05, 4.69) is 0 Å². The van der Waals surface area contributed by atoms with Crippen LogP contribution in [0.15, 0.2) is 42.5 Å². The highest BCUT2D eigenvalue weighted by Gasteiger charge is 2.30. The Morgan fingerprint density at radius 1 is 1.05 bits per heavy atom. The topological polar surface area (TPSA) is 35.2 Å². The van der Waals surface area contributed by atoms with Gasteiger partial charge in [-0.3, -0.25) is 0 Å². The zero-order valence-electron chi connectivity index (χ0n) is 11.1. The minimum absolute atomic E-state index is 0.286. The van der Waals surface area contributed by atoms with Gasteiger partial charge in [0, 0.05) is 5.56 Å². The molecule has 0 aliphatic rings. The number of ether oxygens (including phenoxy) is 1. The van der Waals surface area contributed by atoms with Crippen LogP contribution in [0.5, 0.6) is 11.5 Å². The summed E-state index contributed by atoms with van der Waals surface area (Å²) < 4.78 is 42.9. The third-order valence-electron chi connectivity index (χ3n) is 2.88. The number of thiocarbonyl (C=S) groups is 1. The number of nitrogens with two attached hydrogens (primary N) is 1. The quantitative estimate of drug-likeness (QED) is 0.851. The minimum atomic E-state index is -4.35. The second-order valence-corrected chi connectivity index (χ2v) is 4.91. The summed E-state index contributed by atoms with van der Waals surface area (Å²) in [6.07, 6.45) is -4.35. The first-order chi connectivity index (χ1) is 9.77. The van der Waals surface area contributed by atoms with E-state index in [9.17, 15) is 13.2 Å². The number of aryl methyl sites for hydroxylation is 1. The molecule has 0 atom stereocenters.